The van der Waals surface area contributed by atoms with E-state index in [4.69, 9.17) is 21.7 Å². The number of carbonyl (C=O) groups is 4. The van der Waals surface area contributed by atoms with Crippen LogP contribution < -0.4 is 22.1 Å². The third kappa shape index (κ3) is 22.0. The van der Waals surface area contributed by atoms with E-state index in [2.05, 4.69) is 10.6 Å². The zero-order valence-electron chi connectivity index (χ0n) is 9.83. The number of carbonyl (C=O) groups excluding carboxylic acids is 2. The van der Waals surface area contributed by atoms with E-state index in [1.54, 1.807) is 0 Å². The molecule has 8 N–H and O–H groups in total. The van der Waals surface area contributed by atoms with Crippen LogP contribution in [0.4, 0.5) is 0 Å². The number of carboxylic acids is 2. The van der Waals surface area contributed by atoms with Gasteiger partial charge < -0.3 is 32.3 Å². The molecule has 19 heavy (non-hydrogen) atoms. The van der Waals surface area contributed by atoms with E-state index in [-0.39, 0.29) is 42.7 Å². The molecule has 0 aliphatic heterocycles. The Bertz CT molecular complexity index is 282. The molecule has 11 heteroatoms. The molecule has 0 fully saturated rings. The Morgan fingerprint density at radius 3 is 1.21 bits per heavy atom. The van der Waals surface area contributed by atoms with Crippen LogP contribution in [0, 0.1) is 0 Å². The average Bonchev–Trinajstić information content (AvgIpc) is 2.33. The molecule has 0 heterocycles. The van der Waals surface area contributed by atoms with Crippen LogP contribution in [0.25, 0.3) is 0 Å². The molecule has 0 radical (unpaired) electrons. The Hall–Kier alpha value is -1.71. The summed E-state index contributed by atoms with van der Waals surface area (Å²) in [6, 6.07) is 0. The number of rotatable bonds is 6. The van der Waals surface area contributed by atoms with Gasteiger partial charge in [0.1, 0.15) is 13.1 Å². The van der Waals surface area contributed by atoms with Crippen LogP contribution in [-0.4, -0.2) is 60.1 Å². The monoisotopic (exact) mass is 322 g/mol. The van der Waals surface area contributed by atoms with Gasteiger partial charge in [-0.05, 0) is 0 Å². The van der Waals surface area contributed by atoms with Gasteiger partial charge in [0.2, 0.25) is 11.8 Å². The number of hydrogen-bond acceptors (Lipinski definition) is 6. The molecule has 0 unspecified atom stereocenters. The predicted octanol–water partition coefficient (Wildman–Crippen LogP) is -3.71. The van der Waals surface area contributed by atoms with Crippen LogP contribution in [0.1, 0.15) is 0 Å². The molecule has 0 aromatic rings. The van der Waals surface area contributed by atoms with Gasteiger partial charge in [0, 0.05) is 16.5 Å². The number of hydrogen-bond donors (Lipinski definition) is 6. The Morgan fingerprint density at radius 1 is 0.789 bits per heavy atom. The molecule has 114 valence electrons. The summed E-state index contributed by atoms with van der Waals surface area (Å²) in [7, 11) is 0. The third-order valence-corrected chi connectivity index (χ3v) is 1.24. The van der Waals surface area contributed by atoms with E-state index in [1.807, 2.05) is 0 Å². The molecule has 0 spiro atoms. The van der Waals surface area contributed by atoms with Crippen molar-refractivity contribution in [1.29, 1.82) is 0 Å². The van der Waals surface area contributed by atoms with Crippen molar-refractivity contribution in [2.75, 3.05) is 26.2 Å². The minimum absolute atomic E-state index is 0. The van der Waals surface area contributed by atoms with E-state index < -0.39 is 23.8 Å². The van der Waals surface area contributed by atoms with Crippen LogP contribution in [0.3, 0.4) is 0 Å². The van der Waals surface area contributed by atoms with Gasteiger partial charge in [-0.2, -0.15) is 0 Å². The molecule has 0 atom stereocenters. The fourth-order valence-electron chi connectivity index (χ4n) is 0.493. The standard InChI is InChI=1S/2C4H8N2O3.Ni/c2*5-1-3(7)6-2-4(8)9;/h2*1-2,5H2,(H,6,7)(H,8,9);. The second kappa shape index (κ2) is 14.4. The SMILES string of the molecule is NCC(=O)NCC(=O)O.NCC(=O)NCC(=O)O.[Ni]. The summed E-state index contributed by atoms with van der Waals surface area (Å²) in [5.41, 5.74) is 9.71. The van der Waals surface area contributed by atoms with Crippen LogP contribution >= 0.6 is 0 Å². The van der Waals surface area contributed by atoms with Crippen molar-refractivity contribution < 1.29 is 45.9 Å². The largest absolute Gasteiger partial charge is 0.480 e. The Balaban J connectivity index is -0.000000256. The molecule has 0 bridgehead atoms. The molecular formula is C8H16N4NiO6. The second-order valence-corrected chi connectivity index (χ2v) is 2.75. The van der Waals surface area contributed by atoms with E-state index in [1.165, 1.54) is 0 Å². The molecule has 10 nitrogen and oxygen atoms in total. The van der Waals surface area contributed by atoms with Gasteiger partial charge in [0.05, 0.1) is 13.1 Å². The first kappa shape index (κ1) is 22.5. The molecule has 0 aromatic carbocycles. The summed E-state index contributed by atoms with van der Waals surface area (Å²) in [6.07, 6.45) is 0. The van der Waals surface area contributed by atoms with Gasteiger partial charge in [-0.3, -0.25) is 19.2 Å². The van der Waals surface area contributed by atoms with Crippen LogP contribution in [-0.2, 0) is 35.7 Å². The molecular weight excluding hydrogens is 307 g/mol. The van der Waals surface area contributed by atoms with Crippen molar-refractivity contribution in [2.45, 2.75) is 0 Å². The van der Waals surface area contributed by atoms with E-state index >= 15 is 0 Å². The zero-order valence-corrected chi connectivity index (χ0v) is 10.8. The fraction of sp³-hybridized carbons (Fsp3) is 0.500. The van der Waals surface area contributed by atoms with Gasteiger partial charge in [-0.25, -0.2) is 0 Å². The quantitative estimate of drug-likeness (QED) is 0.269. The molecule has 0 aliphatic rings. The Morgan fingerprint density at radius 2 is 1.05 bits per heavy atom. The van der Waals surface area contributed by atoms with Gasteiger partial charge in [0.25, 0.3) is 0 Å². The van der Waals surface area contributed by atoms with Gasteiger partial charge in [0.15, 0.2) is 0 Å². The normalized spacial score (nSPS) is 8.11. The maximum absolute atomic E-state index is 10.2. The van der Waals surface area contributed by atoms with Crippen molar-refractivity contribution in [1.82, 2.24) is 10.6 Å². The summed E-state index contributed by atoms with van der Waals surface area (Å²) in [5, 5.41) is 20.1. The molecule has 0 saturated heterocycles. The Labute approximate surface area is 118 Å². The van der Waals surface area contributed by atoms with E-state index in [9.17, 15) is 19.2 Å². The number of nitrogens with one attached hydrogen (secondary N) is 2. The molecule has 0 saturated carbocycles. The van der Waals surface area contributed by atoms with Crippen LogP contribution in [0.5, 0.6) is 0 Å². The van der Waals surface area contributed by atoms with Gasteiger partial charge >= 0.3 is 11.9 Å². The maximum atomic E-state index is 10.2. The summed E-state index contributed by atoms with van der Waals surface area (Å²) in [4.78, 5) is 40.0. The van der Waals surface area contributed by atoms with Crippen molar-refractivity contribution in [2.24, 2.45) is 11.5 Å². The van der Waals surface area contributed by atoms with Crippen LogP contribution in [0.15, 0.2) is 0 Å². The summed E-state index contributed by atoms with van der Waals surface area (Å²) in [5.74, 6) is -3.07. The number of nitrogens with two attached hydrogens (primary N) is 2. The summed E-state index contributed by atoms with van der Waals surface area (Å²) >= 11 is 0. The smallest absolute Gasteiger partial charge is 0.322 e. The molecule has 2 amide bonds. The van der Waals surface area contributed by atoms with Gasteiger partial charge in [-0.1, -0.05) is 0 Å². The van der Waals surface area contributed by atoms with E-state index in [0.29, 0.717) is 0 Å². The minimum atomic E-state index is -1.07. The number of amides is 2. The van der Waals surface area contributed by atoms with Crippen molar-refractivity contribution in [3.8, 4) is 0 Å². The maximum Gasteiger partial charge on any atom is 0.322 e. The topological polar surface area (TPSA) is 185 Å². The first-order valence-electron chi connectivity index (χ1n) is 4.70. The predicted molar refractivity (Wildman–Crippen MR) is 59.4 cm³/mol. The Kier molecular flexibility index (Phi) is 17.0. The van der Waals surface area contributed by atoms with Crippen molar-refractivity contribution in [3.05, 3.63) is 0 Å². The molecule has 0 aromatic heterocycles. The zero-order chi connectivity index (χ0) is 14.6. The number of aliphatic carboxylic acids is 2. The summed E-state index contributed by atoms with van der Waals surface area (Å²) in [6.45, 7) is -1.08. The fourth-order valence-corrected chi connectivity index (χ4v) is 0.493. The second-order valence-electron chi connectivity index (χ2n) is 2.75. The first-order chi connectivity index (χ1) is 8.33. The number of carboxylic acid groups (broad SMARTS) is 2. The molecule has 0 aliphatic carbocycles. The van der Waals surface area contributed by atoms with Gasteiger partial charge in [-0.15, -0.1) is 0 Å². The van der Waals surface area contributed by atoms with Crippen molar-refractivity contribution in [3.63, 3.8) is 0 Å². The van der Waals surface area contributed by atoms with Crippen LogP contribution in [0.2, 0.25) is 0 Å². The first-order valence-corrected chi connectivity index (χ1v) is 4.70. The summed E-state index contributed by atoms with van der Waals surface area (Å²) < 4.78 is 0. The third-order valence-electron chi connectivity index (χ3n) is 1.24. The minimum Gasteiger partial charge on any atom is -0.480 e. The van der Waals surface area contributed by atoms with E-state index in [0.717, 1.165) is 0 Å². The molecule has 0 rings (SSSR count). The van der Waals surface area contributed by atoms with Crippen molar-refractivity contribution >= 4 is 23.8 Å². The average molecular weight is 323 g/mol.